The molecule has 1 heterocycles. The van der Waals surface area contributed by atoms with Crippen molar-refractivity contribution < 1.29 is 0 Å². The standard InChI is InChI=1S/C10H20N4/c1-6-4-13-5-9(14-6)10(7(2)11)8(3)12/h6,9,11,13-14H,4-5,12H2,1-3H3/b10-8+,11-7?. The Morgan fingerprint density at radius 1 is 1.36 bits per heavy atom. The van der Waals surface area contributed by atoms with E-state index in [0.29, 0.717) is 11.8 Å². The lowest BCUT2D eigenvalue weighted by atomic mass is 9.98. The van der Waals surface area contributed by atoms with Crippen molar-refractivity contribution in [2.24, 2.45) is 5.73 Å². The number of piperazine rings is 1. The lowest BCUT2D eigenvalue weighted by Crippen LogP contribution is -2.55. The van der Waals surface area contributed by atoms with E-state index in [4.69, 9.17) is 11.1 Å². The summed E-state index contributed by atoms with van der Waals surface area (Å²) in [6.07, 6.45) is 0. The molecule has 0 aromatic carbocycles. The zero-order valence-electron chi connectivity index (χ0n) is 9.15. The molecule has 4 heteroatoms. The maximum atomic E-state index is 7.68. The highest BCUT2D eigenvalue weighted by atomic mass is 15.1. The Labute approximate surface area is 85.5 Å². The molecular weight excluding hydrogens is 176 g/mol. The molecule has 2 unspecified atom stereocenters. The van der Waals surface area contributed by atoms with E-state index in [0.717, 1.165) is 24.4 Å². The van der Waals surface area contributed by atoms with Gasteiger partial charge < -0.3 is 21.8 Å². The maximum absolute atomic E-state index is 7.68. The molecule has 0 aliphatic carbocycles. The number of rotatable bonds is 2. The molecule has 0 saturated carbocycles. The molecule has 0 aromatic rings. The molecule has 0 amide bonds. The van der Waals surface area contributed by atoms with Crippen LogP contribution in [-0.4, -0.2) is 30.9 Å². The van der Waals surface area contributed by atoms with Gasteiger partial charge in [0, 0.05) is 42.2 Å². The SMILES string of the molecule is CC(=N)/C(=C(/C)N)C1CNCC(C)N1. The third-order valence-corrected chi connectivity index (χ3v) is 2.46. The Morgan fingerprint density at radius 3 is 2.43 bits per heavy atom. The third-order valence-electron chi connectivity index (χ3n) is 2.46. The molecule has 80 valence electrons. The topological polar surface area (TPSA) is 73.9 Å². The predicted molar refractivity (Wildman–Crippen MR) is 59.5 cm³/mol. The Balaban J connectivity index is 2.79. The van der Waals surface area contributed by atoms with Crippen LogP contribution in [0.3, 0.4) is 0 Å². The van der Waals surface area contributed by atoms with Gasteiger partial charge in [-0.15, -0.1) is 0 Å². The highest BCUT2D eigenvalue weighted by Crippen LogP contribution is 2.10. The second-order valence-corrected chi connectivity index (χ2v) is 4.00. The Kier molecular flexibility index (Phi) is 3.66. The first-order chi connectivity index (χ1) is 6.52. The van der Waals surface area contributed by atoms with Crippen LogP contribution in [0.15, 0.2) is 11.3 Å². The minimum atomic E-state index is 0.182. The van der Waals surface area contributed by atoms with Gasteiger partial charge in [0.15, 0.2) is 0 Å². The molecule has 1 fully saturated rings. The van der Waals surface area contributed by atoms with Crippen LogP contribution in [0, 0.1) is 5.41 Å². The molecule has 0 aromatic heterocycles. The smallest absolute Gasteiger partial charge is 0.0484 e. The number of nitrogens with two attached hydrogens (primary N) is 1. The number of nitrogens with one attached hydrogen (secondary N) is 3. The van der Waals surface area contributed by atoms with Crippen LogP contribution in [0.2, 0.25) is 0 Å². The summed E-state index contributed by atoms with van der Waals surface area (Å²) in [6, 6.07) is 0.615. The predicted octanol–water partition coefficient (Wildman–Crippen LogP) is 0.209. The summed E-state index contributed by atoms with van der Waals surface area (Å²) in [4.78, 5) is 0. The van der Waals surface area contributed by atoms with E-state index in [9.17, 15) is 0 Å². The maximum Gasteiger partial charge on any atom is 0.0484 e. The van der Waals surface area contributed by atoms with Gasteiger partial charge in [-0.3, -0.25) is 0 Å². The highest BCUT2D eigenvalue weighted by molar-refractivity contribution is 5.97. The average molecular weight is 196 g/mol. The monoisotopic (exact) mass is 196 g/mol. The van der Waals surface area contributed by atoms with Crippen LogP contribution < -0.4 is 16.4 Å². The molecule has 4 nitrogen and oxygen atoms in total. The summed E-state index contributed by atoms with van der Waals surface area (Å²) in [7, 11) is 0. The molecule has 0 bridgehead atoms. The Bertz CT molecular complexity index is 253. The molecule has 14 heavy (non-hydrogen) atoms. The van der Waals surface area contributed by atoms with Gasteiger partial charge in [0.05, 0.1) is 0 Å². The fourth-order valence-corrected chi connectivity index (χ4v) is 1.92. The van der Waals surface area contributed by atoms with Crippen molar-refractivity contribution in [2.45, 2.75) is 32.9 Å². The molecule has 1 rings (SSSR count). The number of allylic oxidation sites excluding steroid dienone is 1. The van der Waals surface area contributed by atoms with Crippen molar-refractivity contribution in [2.75, 3.05) is 13.1 Å². The first-order valence-electron chi connectivity index (χ1n) is 5.01. The molecular formula is C10H20N4. The van der Waals surface area contributed by atoms with Gasteiger partial charge in [-0.2, -0.15) is 0 Å². The van der Waals surface area contributed by atoms with E-state index in [1.807, 2.05) is 6.92 Å². The van der Waals surface area contributed by atoms with Gasteiger partial charge >= 0.3 is 0 Å². The van der Waals surface area contributed by atoms with Gasteiger partial charge in [-0.1, -0.05) is 0 Å². The quantitative estimate of drug-likeness (QED) is 0.477. The molecule has 1 saturated heterocycles. The third kappa shape index (κ3) is 2.56. The van der Waals surface area contributed by atoms with E-state index in [2.05, 4.69) is 17.6 Å². The van der Waals surface area contributed by atoms with Crippen molar-refractivity contribution in [3.63, 3.8) is 0 Å². The van der Waals surface area contributed by atoms with Crippen LogP contribution in [-0.2, 0) is 0 Å². The lowest BCUT2D eigenvalue weighted by molar-refractivity contribution is 0.386. The van der Waals surface area contributed by atoms with Gasteiger partial charge in [0.2, 0.25) is 0 Å². The fourth-order valence-electron chi connectivity index (χ4n) is 1.92. The van der Waals surface area contributed by atoms with Crippen LogP contribution >= 0.6 is 0 Å². The summed E-state index contributed by atoms with van der Waals surface area (Å²) in [5.41, 5.74) is 8.01. The molecule has 0 spiro atoms. The van der Waals surface area contributed by atoms with Crippen molar-refractivity contribution in [1.29, 1.82) is 5.41 Å². The van der Waals surface area contributed by atoms with Crippen molar-refractivity contribution in [3.05, 3.63) is 11.3 Å². The van der Waals surface area contributed by atoms with Crippen LogP contribution in [0.4, 0.5) is 0 Å². The molecule has 1 aliphatic rings. The summed E-state index contributed by atoms with van der Waals surface area (Å²) in [6.45, 7) is 7.60. The largest absolute Gasteiger partial charge is 0.402 e. The fraction of sp³-hybridized carbons (Fsp3) is 0.700. The molecule has 2 atom stereocenters. The normalized spacial score (nSPS) is 29.6. The van der Waals surface area contributed by atoms with Gasteiger partial charge in [0.25, 0.3) is 0 Å². The van der Waals surface area contributed by atoms with Crippen LogP contribution in [0.5, 0.6) is 0 Å². The van der Waals surface area contributed by atoms with Gasteiger partial charge in [-0.05, 0) is 20.8 Å². The number of hydrogen-bond donors (Lipinski definition) is 4. The first-order valence-corrected chi connectivity index (χ1v) is 5.01. The van der Waals surface area contributed by atoms with Gasteiger partial charge in [-0.25, -0.2) is 0 Å². The Morgan fingerprint density at radius 2 is 2.00 bits per heavy atom. The average Bonchev–Trinajstić information content (AvgIpc) is 2.02. The van der Waals surface area contributed by atoms with Crippen LogP contribution in [0.1, 0.15) is 20.8 Å². The number of hydrogen-bond acceptors (Lipinski definition) is 4. The van der Waals surface area contributed by atoms with E-state index in [1.54, 1.807) is 6.92 Å². The molecule has 0 radical (unpaired) electrons. The van der Waals surface area contributed by atoms with Crippen molar-refractivity contribution in [3.8, 4) is 0 Å². The van der Waals surface area contributed by atoms with Crippen molar-refractivity contribution >= 4 is 5.71 Å². The second kappa shape index (κ2) is 4.57. The highest BCUT2D eigenvalue weighted by Gasteiger charge is 2.22. The molecule has 1 aliphatic heterocycles. The summed E-state index contributed by atoms with van der Waals surface area (Å²) >= 11 is 0. The summed E-state index contributed by atoms with van der Waals surface area (Å²) in [5, 5.41) is 14.4. The molecule has 5 N–H and O–H groups in total. The zero-order chi connectivity index (χ0) is 10.7. The summed E-state index contributed by atoms with van der Waals surface area (Å²) < 4.78 is 0. The summed E-state index contributed by atoms with van der Waals surface area (Å²) in [5.74, 6) is 0. The minimum absolute atomic E-state index is 0.182. The van der Waals surface area contributed by atoms with E-state index in [-0.39, 0.29) is 6.04 Å². The zero-order valence-corrected chi connectivity index (χ0v) is 9.15. The van der Waals surface area contributed by atoms with E-state index in [1.165, 1.54) is 0 Å². The lowest BCUT2D eigenvalue weighted by Gasteiger charge is -2.31. The minimum Gasteiger partial charge on any atom is -0.402 e. The second-order valence-electron chi connectivity index (χ2n) is 4.00. The van der Waals surface area contributed by atoms with E-state index < -0.39 is 0 Å². The van der Waals surface area contributed by atoms with Gasteiger partial charge in [0.1, 0.15) is 0 Å². The first kappa shape index (κ1) is 11.2. The Hall–Kier alpha value is -0.870. The van der Waals surface area contributed by atoms with Crippen molar-refractivity contribution in [1.82, 2.24) is 10.6 Å². The van der Waals surface area contributed by atoms with E-state index >= 15 is 0 Å². The van der Waals surface area contributed by atoms with Crippen LogP contribution in [0.25, 0.3) is 0 Å².